The van der Waals surface area contributed by atoms with Crippen LogP contribution in [-0.2, 0) is 0 Å². The lowest BCUT2D eigenvalue weighted by atomic mass is 10.2. The van der Waals surface area contributed by atoms with Crippen molar-refractivity contribution in [1.29, 1.82) is 0 Å². The molecule has 0 atom stereocenters. The predicted molar refractivity (Wildman–Crippen MR) is 45.2 cm³/mol. The van der Waals surface area contributed by atoms with Gasteiger partial charge in [-0.3, -0.25) is 0 Å². The zero-order valence-corrected chi connectivity index (χ0v) is 7.73. The highest BCUT2D eigenvalue weighted by Gasteiger charge is 1.97. The summed E-state index contributed by atoms with van der Waals surface area (Å²) in [4.78, 5) is 0. The van der Waals surface area contributed by atoms with Crippen LogP contribution in [0.1, 0.15) is 5.56 Å². The first-order valence-electron chi connectivity index (χ1n) is 3.49. The maximum atomic E-state index is 12.8. The van der Waals surface area contributed by atoms with E-state index in [4.69, 9.17) is 0 Å². The molecule has 0 aliphatic rings. The summed E-state index contributed by atoms with van der Waals surface area (Å²) in [5.74, 6) is -0.0280. The van der Waals surface area contributed by atoms with Gasteiger partial charge >= 0.3 is 0 Å². The number of aryl methyl sites for hydroxylation is 1. The van der Waals surface area contributed by atoms with E-state index in [1.807, 2.05) is 19.1 Å². The summed E-state index contributed by atoms with van der Waals surface area (Å²) < 4.78 is 12.8. The average molecular weight is 154 g/mol. The standard InChI is InChI=1S/C8H11FSi/c1-6-3-4-7(9)8(5-6)10-2/h3-5H,10H2,1-2H3. The first kappa shape index (κ1) is 7.47. The molecule has 0 fully saturated rings. The van der Waals surface area contributed by atoms with Gasteiger partial charge in [0.1, 0.15) is 5.82 Å². The fraction of sp³-hybridized carbons (Fsp3) is 0.250. The predicted octanol–water partition coefficient (Wildman–Crippen LogP) is 0.976. The molecule has 54 valence electrons. The van der Waals surface area contributed by atoms with Gasteiger partial charge in [-0.25, -0.2) is 4.39 Å². The van der Waals surface area contributed by atoms with E-state index in [9.17, 15) is 4.39 Å². The van der Waals surface area contributed by atoms with Gasteiger partial charge in [-0.15, -0.1) is 0 Å². The molecule has 10 heavy (non-hydrogen) atoms. The average Bonchev–Trinajstić information content (AvgIpc) is 1.94. The fourth-order valence-corrected chi connectivity index (χ4v) is 1.96. The molecule has 0 aromatic heterocycles. The molecule has 0 bridgehead atoms. The van der Waals surface area contributed by atoms with Crippen LogP contribution < -0.4 is 5.19 Å². The molecule has 1 aromatic carbocycles. The second-order valence-corrected chi connectivity index (χ2v) is 3.92. The summed E-state index contributed by atoms with van der Waals surface area (Å²) >= 11 is 0. The van der Waals surface area contributed by atoms with Gasteiger partial charge < -0.3 is 0 Å². The third-order valence-electron chi connectivity index (χ3n) is 1.58. The topological polar surface area (TPSA) is 0 Å². The van der Waals surface area contributed by atoms with Crippen LogP contribution in [0, 0.1) is 12.7 Å². The molecule has 0 saturated heterocycles. The van der Waals surface area contributed by atoms with Crippen LogP contribution in [-0.4, -0.2) is 9.52 Å². The summed E-state index contributed by atoms with van der Waals surface area (Å²) in [5.41, 5.74) is 1.16. The quantitative estimate of drug-likeness (QED) is 0.529. The Morgan fingerprint density at radius 1 is 1.40 bits per heavy atom. The Balaban J connectivity index is 3.09. The molecule has 1 rings (SSSR count). The van der Waals surface area contributed by atoms with Crippen molar-refractivity contribution in [2.45, 2.75) is 13.5 Å². The largest absolute Gasteiger partial charge is 0.207 e. The van der Waals surface area contributed by atoms with Crippen molar-refractivity contribution < 1.29 is 4.39 Å². The normalized spacial score (nSPS) is 11.1. The van der Waals surface area contributed by atoms with E-state index >= 15 is 0 Å². The maximum Gasteiger partial charge on any atom is 0.121 e. The highest BCUT2D eigenvalue weighted by atomic mass is 28.2. The van der Waals surface area contributed by atoms with Crippen LogP contribution in [0.15, 0.2) is 18.2 Å². The molecule has 1 aromatic rings. The Labute approximate surface area is 62.9 Å². The van der Waals surface area contributed by atoms with Gasteiger partial charge in [-0.05, 0) is 18.2 Å². The van der Waals surface area contributed by atoms with Crippen LogP contribution >= 0.6 is 0 Å². The molecule has 0 unspecified atom stereocenters. The van der Waals surface area contributed by atoms with E-state index in [1.165, 1.54) is 0 Å². The molecule has 2 heteroatoms. The van der Waals surface area contributed by atoms with Crippen molar-refractivity contribution in [3.63, 3.8) is 0 Å². The number of hydrogen-bond donors (Lipinski definition) is 0. The molecular weight excluding hydrogens is 143 g/mol. The van der Waals surface area contributed by atoms with Gasteiger partial charge in [0.25, 0.3) is 0 Å². The number of rotatable bonds is 1. The third-order valence-corrected chi connectivity index (χ3v) is 2.89. The Morgan fingerprint density at radius 3 is 2.60 bits per heavy atom. The van der Waals surface area contributed by atoms with Crippen molar-refractivity contribution in [1.82, 2.24) is 0 Å². The van der Waals surface area contributed by atoms with Gasteiger partial charge in [0, 0.05) is 0 Å². The summed E-state index contributed by atoms with van der Waals surface area (Å²) in [6, 6.07) is 5.31. The zero-order chi connectivity index (χ0) is 7.56. The third kappa shape index (κ3) is 1.45. The van der Waals surface area contributed by atoms with E-state index in [0.717, 1.165) is 10.8 Å². The van der Waals surface area contributed by atoms with E-state index in [2.05, 4.69) is 6.55 Å². The molecule has 0 amide bonds. The molecule has 0 aliphatic carbocycles. The molecule has 0 saturated carbocycles. The molecular formula is C8H11FSi. The molecule has 0 aliphatic heterocycles. The maximum absolute atomic E-state index is 12.8. The monoisotopic (exact) mass is 154 g/mol. The SMILES string of the molecule is C[SiH2]c1cc(C)ccc1F. The second kappa shape index (κ2) is 2.97. The van der Waals surface area contributed by atoms with Crippen LogP contribution in [0.2, 0.25) is 6.55 Å². The Morgan fingerprint density at radius 2 is 2.10 bits per heavy atom. The summed E-state index contributed by atoms with van der Waals surface area (Å²) in [6.45, 7) is 4.09. The lowest BCUT2D eigenvalue weighted by Crippen LogP contribution is -2.15. The zero-order valence-electron chi connectivity index (χ0n) is 6.32. The van der Waals surface area contributed by atoms with Gasteiger partial charge in [-0.1, -0.05) is 24.2 Å². The van der Waals surface area contributed by atoms with Crippen LogP contribution in [0.3, 0.4) is 0 Å². The lowest BCUT2D eigenvalue weighted by molar-refractivity contribution is 0.635. The Hall–Kier alpha value is -0.633. The number of halogens is 1. The first-order chi connectivity index (χ1) is 4.74. The van der Waals surface area contributed by atoms with Crippen molar-refractivity contribution in [3.8, 4) is 0 Å². The van der Waals surface area contributed by atoms with Gasteiger partial charge in [-0.2, -0.15) is 0 Å². The van der Waals surface area contributed by atoms with E-state index in [1.54, 1.807) is 6.07 Å². The lowest BCUT2D eigenvalue weighted by Gasteiger charge is -1.98. The highest BCUT2D eigenvalue weighted by Crippen LogP contribution is 1.97. The van der Waals surface area contributed by atoms with E-state index < -0.39 is 0 Å². The first-order valence-corrected chi connectivity index (χ1v) is 5.61. The highest BCUT2D eigenvalue weighted by molar-refractivity contribution is 6.52. The molecule has 0 radical (unpaired) electrons. The fourth-order valence-electron chi connectivity index (χ4n) is 0.974. The molecule has 0 spiro atoms. The smallest absolute Gasteiger partial charge is 0.121 e. The minimum Gasteiger partial charge on any atom is -0.207 e. The van der Waals surface area contributed by atoms with Gasteiger partial charge in [0.2, 0.25) is 0 Å². The van der Waals surface area contributed by atoms with Crippen molar-refractivity contribution >= 4 is 14.7 Å². The summed E-state index contributed by atoms with van der Waals surface area (Å²) in [6.07, 6.45) is 0. The van der Waals surface area contributed by atoms with Crippen molar-refractivity contribution in [2.24, 2.45) is 0 Å². The van der Waals surface area contributed by atoms with Crippen LogP contribution in [0.25, 0.3) is 0 Å². The van der Waals surface area contributed by atoms with Crippen LogP contribution in [0.4, 0.5) is 4.39 Å². The van der Waals surface area contributed by atoms with E-state index in [0.29, 0.717) is 0 Å². The van der Waals surface area contributed by atoms with Crippen LogP contribution in [0.5, 0.6) is 0 Å². The molecule has 0 N–H and O–H groups in total. The van der Waals surface area contributed by atoms with Gasteiger partial charge in [0.15, 0.2) is 0 Å². The minimum atomic E-state index is -0.334. The van der Waals surface area contributed by atoms with Crippen molar-refractivity contribution in [2.75, 3.05) is 0 Å². The number of benzene rings is 1. The summed E-state index contributed by atoms with van der Waals surface area (Å²) in [5, 5.41) is 0.944. The second-order valence-electron chi connectivity index (χ2n) is 2.45. The Bertz CT molecular complexity index is 233. The minimum absolute atomic E-state index is 0.0280. The van der Waals surface area contributed by atoms with Gasteiger partial charge in [0.05, 0.1) is 9.52 Å². The molecule has 0 nitrogen and oxygen atoms in total. The molecule has 0 heterocycles. The van der Waals surface area contributed by atoms with E-state index in [-0.39, 0.29) is 15.3 Å². The van der Waals surface area contributed by atoms with Crippen molar-refractivity contribution in [3.05, 3.63) is 29.6 Å². The summed E-state index contributed by atoms with van der Waals surface area (Å²) in [7, 11) is -0.334. The Kier molecular flexibility index (Phi) is 2.22. The number of hydrogen-bond acceptors (Lipinski definition) is 0.